The van der Waals surface area contributed by atoms with Gasteiger partial charge in [-0.05, 0) is 49.6 Å². The van der Waals surface area contributed by atoms with Gasteiger partial charge in [-0.15, -0.1) is 0 Å². The van der Waals surface area contributed by atoms with Crippen molar-refractivity contribution < 1.29 is 0 Å². The van der Waals surface area contributed by atoms with E-state index in [0.29, 0.717) is 6.04 Å². The molecule has 1 fully saturated rings. The van der Waals surface area contributed by atoms with Gasteiger partial charge in [-0.25, -0.2) is 0 Å². The molecule has 0 aromatic heterocycles. The highest BCUT2D eigenvalue weighted by Crippen LogP contribution is 2.18. The Bertz CT molecular complexity index is 345. The molecule has 1 aliphatic heterocycles. The summed E-state index contributed by atoms with van der Waals surface area (Å²) in [5, 5.41) is 0. The zero-order valence-corrected chi connectivity index (χ0v) is 11.3. The molecule has 88 valence electrons. The minimum absolute atomic E-state index is 0.363. The molecule has 3 heteroatoms. The van der Waals surface area contributed by atoms with Gasteiger partial charge < -0.3 is 5.73 Å². The van der Waals surface area contributed by atoms with Crippen LogP contribution in [0.25, 0.3) is 0 Å². The summed E-state index contributed by atoms with van der Waals surface area (Å²) in [4.78, 5) is 2.45. The largest absolute Gasteiger partial charge is 0.327 e. The number of benzene rings is 1. The van der Waals surface area contributed by atoms with Crippen LogP contribution < -0.4 is 5.73 Å². The Hall–Kier alpha value is -0.380. The van der Waals surface area contributed by atoms with Crippen molar-refractivity contribution in [3.8, 4) is 0 Å². The Kier molecular flexibility index (Phi) is 4.00. The van der Waals surface area contributed by atoms with E-state index in [1.54, 1.807) is 0 Å². The summed E-state index contributed by atoms with van der Waals surface area (Å²) in [6.07, 6.45) is 2.40. The Balaban J connectivity index is 2.02. The first-order valence-electron chi connectivity index (χ1n) is 5.87. The molecule has 0 bridgehead atoms. The van der Waals surface area contributed by atoms with E-state index < -0.39 is 0 Å². The normalized spacial score (nSPS) is 22.3. The van der Waals surface area contributed by atoms with E-state index in [2.05, 4.69) is 46.0 Å². The number of aryl methyl sites for hydroxylation is 1. The van der Waals surface area contributed by atoms with Crippen molar-refractivity contribution in [3.63, 3.8) is 0 Å². The number of hydrogen-bond acceptors (Lipinski definition) is 2. The van der Waals surface area contributed by atoms with E-state index in [0.717, 1.165) is 13.1 Å². The standard InChI is InChI=1S/C13H19BrN2/c1-10-5-11(7-12(14)6-10)8-16-4-2-3-13(15)9-16/h5-7,13H,2-4,8-9,15H2,1H3/t13-/m1/s1. The Morgan fingerprint density at radius 1 is 1.44 bits per heavy atom. The van der Waals surface area contributed by atoms with Gasteiger partial charge in [-0.2, -0.15) is 0 Å². The van der Waals surface area contributed by atoms with Gasteiger partial charge in [-0.3, -0.25) is 4.90 Å². The van der Waals surface area contributed by atoms with Crippen molar-refractivity contribution in [2.45, 2.75) is 32.4 Å². The minimum Gasteiger partial charge on any atom is -0.327 e. The van der Waals surface area contributed by atoms with Gasteiger partial charge in [0.15, 0.2) is 0 Å². The van der Waals surface area contributed by atoms with Crippen LogP contribution in [0, 0.1) is 6.92 Å². The van der Waals surface area contributed by atoms with E-state index in [9.17, 15) is 0 Å². The zero-order chi connectivity index (χ0) is 11.5. The summed E-state index contributed by atoms with van der Waals surface area (Å²) in [6.45, 7) is 5.37. The molecule has 1 aromatic carbocycles. The van der Waals surface area contributed by atoms with Crippen LogP contribution in [-0.2, 0) is 6.54 Å². The number of piperidine rings is 1. The maximum absolute atomic E-state index is 5.99. The summed E-state index contributed by atoms with van der Waals surface area (Å²) in [5.74, 6) is 0. The van der Waals surface area contributed by atoms with Crippen molar-refractivity contribution in [1.82, 2.24) is 4.90 Å². The minimum atomic E-state index is 0.363. The van der Waals surface area contributed by atoms with Crippen LogP contribution in [0.4, 0.5) is 0 Å². The summed E-state index contributed by atoms with van der Waals surface area (Å²) >= 11 is 3.55. The molecule has 0 saturated carbocycles. The summed E-state index contributed by atoms with van der Waals surface area (Å²) in [6, 6.07) is 6.96. The highest BCUT2D eigenvalue weighted by atomic mass is 79.9. The third-order valence-corrected chi connectivity index (χ3v) is 3.51. The maximum atomic E-state index is 5.99. The Morgan fingerprint density at radius 3 is 2.94 bits per heavy atom. The SMILES string of the molecule is Cc1cc(Br)cc(CN2CCC[C@@H](N)C2)c1. The van der Waals surface area contributed by atoms with Gasteiger partial charge in [-0.1, -0.05) is 22.0 Å². The predicted molar refractivity (Wildman–Crippen MR) is 71.4 cm³/mol. The van der Waals surface area contributed by atoms with Gasteiger partial charge in [0, 0.05) is 23.6 Å². The lowest BCUT2D eigenvalue weighted by atomic mass is 10.1. The van der Waals surface area contributed by atoms with Crippen LogP contribution >= 0.6 is 15.9 Å². The Morgan fingerprint density at radius 2 is 2.25 bits per heavy atom. The molecule has 0 aliphatic carbocycles. The number of hydrogen-bond donors (Lipinski definition) is 1. The van der Waals surface area contributed by atoms with Crippen LogP contribution in [-0.4, -0.2) is 24.0 Å². The van der Waals surface area contributed by atoms with Crippen molar-refractivity contribution in [1.29, 1.82) is 0 Å². The van der Waals surface area contributed by atoms with Crippen LogP contribution in [0.1, 0.15) is 24.0 Å². The summed E-state index contributed by atoms with van der Waals surface area (Å²) in [7, 11) is 0. The van der Waals surface area contributed by atoms with Crippen LogP contribution in [0.15, 0.2) is 22.7 Å². The number of nitrogens with zero attached hydrogens (tertiary/aromatic N) is 1. The van der Waals surface area contributed by atoms with Crippen molar-refractivity contribution in [3.05, 3.63) is 33.8 Å². The molecule has 0 amide bonds. The van der Waals surface area contributed by atoms with Crippen LogP contribution in [0.3, 0.4) is 0 Å². The molecule has 1 aromatic rings. The molecule has 0 spiro atoms. The summed E-state index contributed by atoms with van der Waals surface area (Å²) < 4.78 is 1.17. The number of halogens is 1. The fourth-order valence-corrected chi connectivity index (χ4v) is 3.05. The van der Waals surface area contributed by atoms with Gasteiger partial charge >= 0.3 is 0 Å². The van der Waals surface area contributed by atoms with Gasteiger partial charge in [0.2, 0.25) is 0 Å². The molecule has 2 N–H and O–H groups in total. The number of rotatable bonds is 2. The lowest BCUT2D eigenvalue weighted by Crippen LogP contribution is -2.42. The van der Waals surface area contributed by atoms with Crippen LogP contribution in [0.5, 0.6) is 0 Å². The van der Waals surface area contributed by atoms with Crippen molar-refractivity contribution in [2.24, 2.45) is 5.73 Å². The fraction of sp³-hybridized carbons (Fsp3) is 0.538. The second kappa shape index (κ2) is 5.30. The van der Waals surface area contributed by atoms with Crippen LogP contribution in [0.2, 0.25) is 0 Å². The molecule has 2 rings (SSSR count). The highest BCUT2D eigenvalue weighted by Gasteiger charge is 2.16. The van der Waals surface area contributed by atoms with Crippen molar-refractivity contribution in [2.75, 3.05) is 13.1 Å². The van der Waals surface area contributed by atoms with E-state index in [4.69, 9.17) is 5.73 Å². The predicted octanol–water partition coefficient (Wildman–Crippen LogP) is 2.68. The fourth-order valence-electron chi connectivity index (χ4n) is 2.40. The zero-order valence-electron chi connectivity index (χ0n) is 9.75. The molecule has 2 nitrogen and oxygen atoms in total. The average molecular weight is 283 g/mol. The first-order chi connectivity index (χ1) is 7.63. The number of likely N-dealkylation sites (tertiary alicyclic amines) is 1. The topological polar surface area (TPSA) is 29.3 Å². The monoisotopic (exact) mass is 282 g/mol. The smallest absolute Gasteiger partial charge is 0.0234 e. The molecule has 1 saturated heterocycles. The molecular weight excluding hydrogens is 264 g/mol. The lowest BCUT2D eigenvalue weighted by molar-refractivity contribution is 0.201. The Labute approximate surface area is 106 Å². The van der Waals surface area contributed by atoms with E-state index in [1.807, 2.05) is 0 Å². The molecule has 1 atom stereocenters. The van der Waals surface area contributed by atoms with Gasteiger partial charge in [0.05, 0.1) is 0 Å². The van der Waals surface area contributed by atoms with E-state index in [1.165, 1.54) is 35.0 Å². The molecule has 0 unspecified atom stereocenters. The molecule has 1 heterocycles. The highest BCUT2D eigenvalue weighted by molar-refractivity contribution is 9.10. The molecule has 1 aliphatic rings. The quantitative estimate of drug-likeness (QED) is 0.904. The molecular formula is C13H19BrN2. The molecule has 16 heavy (non-hydrogen) atoms. The third kappa shape index (κ3) is 3.30. The number of nitrogens with two attached hydrogens (primary N) is 1. The molecule has 0 radical (unpaired) electrons. The third-order valence-electron chi connectivity index (χ3n) is 3.05. The van der Waals surface area contributed by atoms with E-state index in [-0.39, 0.29) is 0 Å². The average Bonchev–Trinajstić information content (AvgIpc) is 2.15. The second-order valence-corrected chi connectivity index (χ2v) is 5.69. The summed E-state index contributed by atoms with van der Waals surface area (Å²) in [5.41, 5.74) is 8.67. The van der Waals surface area contributed by atoms with E-state index >= 15 is 0 Å². The van der Waals surface area contributed by atoms with Crippen molar-refractivity contribution >= 4 is 15.9 Å². The van der Waals surface area contributed by atoms with Gasteiger partial charge in [0.1, 0.15) is 0 Å². The first kappa shape index (κ1) is 12.1. The lowest BCUT2D eigenvalue weighted by Gasteiger charge is -2.30. The second-order valence-electron chi connectivity index (χ2n) is 4.77. The first-order valence-corrected chi connectivity index (χ1v) is 6.67. The van der Waals surface area contributed by atoms with Gasteiger partial charge in [0.25, 0.3) is 0 Å². The maximum Gasteiger partial charge on any atom is 0.0234 e.